The first-order valence-electron chi connectivity index (χ1n) is 6.76. The van der Waals surface area contributed by atoms with Crippen LogP contribution < -0.4 is 15.0 Å². The number of carboxylic acid groups (broad SMARTS) is 1. The first-order chi connectivity index (χ1) is 10.6. The van der Waals surface area contributed by atoms with E-state index in [-0.39, 0.29) is 5.56 Å². The maximum atomic E-state index is 10.9. The molecule has 0 radical (unpaired) electrons. The van der Waals surface area contributed by atoms with Gasteiger partial charge in [-0.05, 0) is 18.2 Å². The number of hydrogen-bond donors (Lipinski definition) is 2. The highest BCUT2D eigenvalue weighted by atomic mass is 16.5. The third-order valence-electron chi connectivity index (χ3n) is 2.85. The molecule has 0 saturated heterocycles. The standard InChI is InChI=1S/C15H18N4O3/c1-19(2)14-13(16-6-7-18-14)17-8-9-22-12-5-3-4-11(10-12)15(20)21/h3-7,10H,8-9H2,1-2H3,(H,16,17)(H,20,21). The lowest BCUT2D eigenvalue weighted by Gasteiger charge is -2.15. The minimum absolute atomic E-state index is 0.203. The van der Waals surface area contributed by atoms with Gasteiger partial charge in [-0.3, -0.25) is 0 Å². The van der Waals surface area contributed by atoms with Crippen LogP contribution in [0.1, 0.15) is 10.4 Å². The molecule has 0 bridgehead atoms. The van der Waals surface area contributed by atoms with Gasteiger partial charge < -0.3 is 20.1 Å². The summed E-state index contributed by atoms with van der Waals surface area (Å²) < 4.78 is 5.53. The average Bonchev–Trinajstić information content (AvgIpc) is 2.52. The summed E-state index contributed by atoms with van der Waals surface area (Å²) >= 11 is 0. The summed E-state index contributed by atoms with van der Waals surface area (Å²) in [6, 6.07) is 6.39. The van der Waals surface area contributed by atoms with Crippen LogP contribution in [-0.2, 0) is 0 Å². The molecule has 0 aliphatic heterocycles. The van der Waals surface area contributed by atoms with Crippen LogP contribution in [0, 0.1) is 0 Å². The van der Waals surface area contributed by atoms with Crippen LogP contribution in [0.4, 0.5) is 11.6 Å². The number of carbonyl (C=O) groups is 1. The summed E-state index contributed by atoms with van der Waals surface area (Å²) in [6.45, 7) is 0.906. The molecule has 2 rings (SSSR count). The lowest BCUT2D eigenvalue weighted by molar-refractivity contribution is 0.0696. The Morgan fingerprint density at radius 3 is 2.82 bits per heavy atom. The van der Waals surface area contributed by atoms with E-state index in [2.05, 4.69) is 15.3 Å². The van der Waals surface area contributed by atoms with Crippen molar-refractivity contribution >= 4 is 17.6 Å². The van der Waals surface area contributed by atoms with E-state index in [1.807, 2.05) is 19.0 Å². The van der Waals surface area contributed by atoms with E-state index in [0.29, 0.717) is 24.7 Å². The molecule has 0 aliphatic rings. The van der Waals surface area contributed by atoms with E-state index in [9.17, 15) is 4.79 Å². The van der Waals surface area contributed by atoms with Crippen LogP contribution >= 0.6 is 0 Å². The average molecular weight is 302 g/mol. The van der Waals surface area contributed by atoms with E-state index in [4.69, 9.17) is 9.84 Å². The normalized spacial score (nSPS) is 10.1. The number of aromatic nitrogens is 2. The van der Waals surface area contributed by atoms with Crippen molar-refractivity contribution in [1.82, 2.24) is 9.97 Å². The smallest absolute Gasteiger partial charge is 0.335 e. The Bertz CT molecular complexity index is 646. The lowest BCUT2D eigenvalue weighted by Crippen LogP contribution is -2.18. The highest BCUT2D eigenvalue weighted by Crippen LogP contribution is 2.17. The summed E-state index contributed by atoms with van der Waals surface area (Å²) in [6.07, 6.45) is 3.25. The number of anilines is 2. The van der Waals surface area contributed by atoms with E-state index in [1.54, 1.807) is 24.5 Å². The zero-order valence-corrected chi connectivity index (χ0v) is 12.5. The number of rotatable bonds is 7. The highest BCUT2D eigenvalue weighted by Gasteiger charge is 2.06. The Morgan fingerprint density at radius 2 is 2.09 bits per heavy atom. The zero-order chi connectivity index (χ0) is 15.9. The minimum atomic E-state index is -0.973. The lowest BCUT2D eigenvalue weighted by atomic mass is 10.2. The van der Waals surface area contributed by atoms with E-state index in [1.165, 1.54) is 12.1 Å². The summed E-state index contributed by atoms with van der Waals surface area (Å²) in [5.74, 6) is 0.971. The largest absolute Gasteiger partial charge is 0.492 e. The SMILES string of the molecule is CN(C)c1nccnc1NCCOc1cccc(C(=O)O)c1. The van der Waals surface area contributed by atoms with Crippen LogP contribution in [-0.4, -0.2) is 48.3 Å². The Balaban J connectivity index is 1.87. The van der Waals surface area contributed by atoms with E-state index >= 15 is 0 Å². The van der Waals surface area contributed by atoms with Crippen molar-refractivity contribution in [3.8, 4) is 5.75 Å². The van der Waals surface area contributed by atoms with Gasteiger partial charge in [-0.1, -0.05) is 6.07 Å². The van der Waals surface area contributed by atoms with Crippen LogP contribution in [0.25, 0.3) is 0 Å². The predicted molar refractivity (Wildman–Crippen MR) is 83.7 cm³/mol. The van der Waals surface area contributed by atoms with Crippen molar-refractivity contribution in [2.24, 2.45) is 0 Å². The maximum Gasteiger partial charge on any atom is 0.335 e. The second kappa shape index (κ2) is 7.26. The fraction of sp³-hybridized carbons (Fsp3) is 0.267. The molecule has 2 N–H and O–H groups in total. The molecule has 0 unspecified atom stereocenters. The molecule has 22 heavy (non-hydrogen) atoms. The molecule has 2 aromatic rings. The summed E-state index contributed by atoms with van der Waals surface area (Å²) in [4.78, 5) is 21.2. The molecule has 0 amide bonds. The first kappa shape index (κ1) is 15.6. The third kappa shape index (κ3) is 4.08. The molecule has 7 heteroatoms. The molecule has 0 saturated carbocycles. The molecule has 1 aromatic heterocycles. The van der Waals surface area contributed by atoms with Crippen molar-refractivity contribution in [1.29, 1.82) is 0 Å². The Morgan fingerprint density at radius 1 is 1.32 bits per heavy atom. The minimum Gasteiger partial charge on any atom is -0.492 e. The first-order valence-corrected chi connectivity index (χ1v) is 6.76. The molecule has 7 nitrogen and oxygen atoms in total. The highest BCUT2D eigenvalue weighted by molar-refractivity contribution is 5.88. The van der Waals surface area contributed by atoms with Crippen molar-refractivity contribution in [2.75, 3.05) is 37.5 Å². The summed E-state index contributed by atoms with van der Waals surface area (Å²) in [5.41, 5.74) is 0.203. The molecular formula is C15H18N4O3. The van der Waals surface area contributed by atoms with Gasteiger partial charge >= 0.3 is 5.97 Å². The third-order valence-corrected chi connectivity index (χ3v) is 2.85. The van der Waals surface area contributed by atoms with Crippen molar-refractivity contribution < 1.29 is 14.6 Å². The second-order valence-corrected chi connectivity index (χ2v) is 4.73. The van der Waals surface area contributed by atoms with Crippen molar-refractivity contribution in [3.63, 3.8) is 0 Å². The Labute approximate surface area is 128 Å². The molecule has 1 heterocycles. The molecule has 0 atom stereocenters. The van der Waals surface area contributed by atoms with Gasteiger partial charge in [-0.15, -0.1) is 0 Å². The van der Waals surface area contributed by atoms with Crippen LogP contribution in [0.2, 0.25) is 0 Å². The van der Waals surface area contributed by atoms with Crippen LogP contribution in [0.5, 0.6) is 5.75 Å². The summed E-state index contributed by atoms with van der Waals surface area (Å²) in [7, 11) is 3.78. The zero-order valence-electron chi connectivity index (χ0n) is 12.5. The second-order valence-electron chi connectivity index (χ2n) is 4.73. The van der Waals surface area contributed by atoms with E-state index < -0.39 is 5.97 Å². The molecule has 1 aromatic carbocycles. The number of ether oxygens (including phenoxy) is 1. The van der Waals surface area contributed by atoms with E-state index in [0.717, 1.165) is 5.82 Å². The van der Waals surface area contributed by atoms with Gasteiger partial charge in [0.1, 0.15) is 12.4 Å². The van der Waals surface area contributed by atoms with Gasteiger partial charge in [-0.2, -0.15) is 0 Å². The molecule has 0 fully saturated rings. The van der Waals surface area contributed by atoms with Gasteiger partial charge in [0.2, 0.25) is 0 Å². The van der Waals surface area contributed by atoms with Crippen molar-refractivity contribution in [2.45, 2.75) is 0 Å². The van der Waals surface area contributed by atoms with Gasteiger partial charge in [0, 0.05) is 26.5 Å². The number of aromatic carboxylic acids is 1. The number of benzene rings is 1. The summed E-state index contributed by atoms with van der Waals surface area (Å²) in [5, 5.41) is 12.1. The van der Waals surface area contributed by atoms with Gasteiger partial charge in [-0.25, -0.2) is 14.8 Å². The van der Waals surface area contributed by atoms with Crippen LogP contribution in [0.15, 0.2) is 36.7 Å². The molecule has 0 spiro atoms. The predicted octanol–water partition coefficient (Wildman–Crippen LogP) is 1.73. The van der Waals surface area contributed by atoms with Gasteiger partial charge in [0.05, 0.1) is 12.1 Å². The Hall–Kier alpha value is -2.83. The van der Waals surface area contributed by atoms with Gasteiger partial charge in [0.25, 0.3) is 0 Å². The van der Waals surface area contributed by atoms with Gasteiger partial charge in [0.15, 0.2) is 11.6 Å². The number of nitrogens with one attached hydrogen (secondary N) is 1. The van der Waals surface area contributed by atoms with Crippen LogP contribution in [0.3, 0.4) is 0 Å². The number of carboxylic acids is 1. The fourth-order valence-corrected chi connectivity index (χ4v) is 1.84. The monoisotopic (exact) mass is 302 g/mol. The topological polar surface area (TPSA) is 87.6 Å². The molecular weight excluding hydrogens is 284 g/mol. The number of nitrogens with zero attached hydrogens (tertiary/aromatic N) is 3. The Kier molecular flexibility index (Phi) is 5.13. The molecule has 116 valence electrons. The fourth-order valence-electron chi connectivity index (χ4n) is 1.84. The maximum absolute atomic E-state index is 10.9. The van der Waals surface area contributed by atoms with Crippen molar-refractivity contribution in [3.05, 3.63) is 42.2 Å². The molecule has 0 aliphatic carbocycles. The number of hydrogen-bond acceptors (Lipinski definition) is 6. The quantitative estimate of drug-likeness (QED) is 0.753.